The lowest BCUT2D eigenvalue weighted by atomic mass is 9.58. The predicted molar refractivity (Wildman–Crippen MR) is 66.6 cm³/mol. The van der Waals surface area contributed by atoms with E-state index in [1.54, 1.807) is 0 Å². The van der Waals surface area contributed by atoms with Crippen molar-refractivity contribution in [1.29, 1.82) is 0 Å². The van der Waals surface area contributed by atoms with Crippen LogP contribution in [0, 0.1) is 0 Å². The van der Waals surface area contributed by atoms with E-state index >= 15 is 0 Å². The molecule has 3 rings (SSSR count). The van der Waals surface area contributed by atoms with E-state index in [9.17, 15) is 4.79 Å². The summed E-state index contributed by atoms with van der Waals surface area (Å²) >= 11 is 0. The van der Waals surface area contributed by atoms with Gasteiger partial charge in [0.05, 0.1) is 0 Å². The quantitative estimate of drug-likeness (QED) is 0.690. The summed E-state index contributed by atoms with van der Waals surface area (Å²) < 4.78 is 5.45. The minimum Gasteiger partial charge on any atom is -0.457 e. The molecule has 1 heterocycles. The molecule has 2 nitrogen and oxygen atoms in total. The van der Waals surface area contributed by atoms with Crippen molar-refractivity contribution in [1.82, 2.24) is 0 Å². The van der Waals surface area contributed by atoms with Gasteiger partial charge in [-0.05, 0) is 30.9 Å². The number of esters is 1. The molecule has 0 radical (unpaired) electrons. The topological polar surface area (TPSA) is 26.3 Å². The maximum absolute atomic E-state index is 12.1. The average Bonchev–Trinajstić information content (AvgIpc) is 2.37. The maximum Gasteiger partial charge on any atom is 0.321 e. The molecule has 2 unspecified atom stereocenters. The third-order valence-electron chi connectivity index (χ3n) is 4.39. The predicted octanol–water partition coefficient (Wildman–Crippen LogP) is 3.07. The molecule has 1 saturated heterocycles. The molecule has 2 atom stereocenters. The van der Waals surface area contributed by atoms with Crippen LogP contribution >= 0.6 is 0 Å². The van der Waals surface area contributed by atoms with Gasteiger partial charge in [-0.2, -0.15) is 0 Å². The molecule has 1 aliphatic carbocycles. The number of carbonyl (C=O) groups is 1. The third kappa shape index (κ3) is 1.08. The molecule has 0 saturated carbocycles. The Bertz CT molecular complexity index is 517. The van der Waals surface area contributed by atoms with Gasteiger partial charge in [-0.3, -0.25) is 4.79 Å². The van der Waals surface area contributed by atoms with E-state index in [-0.39, 0.29) is 11.6 Å². The molecule has 17 heavy (non-hydrogen) atoms. The van der Waals surface area contributed by atoms with Crippen LogP contribution in [0.5, 0.6) is 0 Å². The summed E-state index contributed by atoms with van der Waals surface area (Å²) in [6.07, 6.45) is 5.80. The Balaban J connectivity index is 2.22. The van der Waals surface area contributed by atoms with Gasteiger partial charge in [-0.25, -0.2) is 0 Å². The molecule has 0 bridgehead atoms. The van der Waals surface area contributed by atoms with Gasteiger partial charge in [-0.15, -0.1) is 0 Å². The van der Waals surface area contributed by atoms with Crippen molar-refractivity contribution in [2.24, 2.45) is 0 Å². The molecule has 1 aromatic rings. The average molecular weight is 228 g/mol. The fourth-order valence-electron chi connectivity index (χ4n) is 3.12. The Morgan fingerprint density at radius 2 is 2.12 bits per heavy atom. The third-order valence-corrected chi connectivity index (χ3v) is 4.39. The van der Waals surface area contributed by atoms with Gasteiger partial charge >= 0.3 is 5.97 Å². The number of hydrogen-bond donors (Lipinski definition) is 0. The van der Waals surface area contributed by atoms with Gasteiger partial charge in [0, 0.05) is 0 Å². The Morgan fingerprint density at radius 3 is 2.82 bits per heavy atom. The van der Waals surface area contributed by atoms with Gasteiger partial charge in [0.25, 0.3) is 0 Å². The molecular weight excluding hydrogens is 212 g/mol. The Labute approximate surface area is 101 Å². The lowest BCUT2D eigenvalue weighted by Gasteiger charge is -2.56. The van der Waals surface area contributed by atoms with Gasteiger partial charge < -0.3 is 4.74 Å². The summed E-state index contributed by atoms with van der Waals surface area (Å²) in [6.45, 7) is 4.12. The van der Waals surface area contributed by atoms with Crippen molar-refractivity contribution in [2.45, 2.75) is 37.7 Å². The van der Waals surface area contributed by atoms with Crippen LogP contribution < -0.4 is 0 Å². The summed E-state index contributed by atoms with van der Waals surface area (Å²) in [6, 6.07) is 8.14. The second-order valence-electron chi connectivity index (χ2n) is 5.07. The highest BCUT2D eigenvalue weighted by Gasteiger charge is 2.66. The van der Waals surface area contributed by atoms with E-state index in [0.717, 1.165) is 24.0 Å². The molecule has 2 heteroatoms. The molecule has 1 aromatic carbocycles. The molecular formula is C15H16O2. The minimum absolute atomic E-state index is 0.0707. The largest absolute Gasteiger partial charge is 0.457 e. The zero-order valence-electron chi connectivity index (χ0n) is 10.2. The van der Waals surface area contributed by atoms with Crippen molar-refractivity contribution < 1.29 is 9.53 Å². The first-order valence-electron chi connectivity index (χ1n) is 6.13. The van der Waals surface area contributed by atoms with Gasteiger partial charge in [0.2, 0.25) is 0 Å². The molecule has 1 spiro atoms. The zero-order chi connectivity index (χ0) is 12.1. The smallest absolute Gasteiger partial charge is 0.321 e. The summed E-state index contributed by atoms with van der Waals surface area (Å²) in [7, 11) is 0. The number of hydrogen-bond acceptors (Lipinski definition) is 2. The van der Waals surface area contributed by atoms with Crippen LogP contribution in [-0.4, -0.2) is 11.6 Å². The first kappa shape index (κ1) is 10.6. The fourth-order valence-corrected chi connectivity index (χ4v) is 3.12. The normalized spacial score (nSPS) is 34.1. The molecule has 0 aromatic heterocycles. The van der Waals surface area contributed by atoms with Crippen LogP contribution in [0.25, 0.3) is 6.08 Å². The first-order chi connectivity index (χ1) is 8.14. The number of cyclic esters (lactones) is 1. The van der Waals surface area contributed by atoms with E-state index < -0.39 is 5.41 Å². The van der Waals surface area contributed by atoms with Crippen LogP contribution in [0.3, 0.4) is 0 Å². The number of benzene rings is 1. The van der Waals surface area contributed by atoms with Crippen LogP contribution in [0.4, 0.5) is 0 Å². The number of rotatable bonds is 1. The number of allylic oxidation sites excluding steroid dienone is 1. The lowest BCUT2D eigenvalue weighted by Crippen LogP contribution is -2.68. The van der Waals surface area contributed by atoms with Crippen molar-refractivity contribution >= 4 is 12.0 Å². The van der Waals surface area contributed by atoms with Gasteiger partial charge in [0.1, 0.15) is 11.0 Å². The Kier molecular flexibility index (Phi) is 2.00. The fraction of sp³-hybridized carbons (Fsp3) is 0.400. The van der Waals surface area contributed by atoms with Crippen LogP contribution in [0.1, 0.15) is 37.8 Å². The van der Waals surface area contributed by atoms with Crippen LogP contribution in [0.2, 0.25) is 0 Å². The molecule has 0 amide bonds. The number of ether oxygens (including phenoxy) is 1. The molecule has 2 aliphatic rings. The Hall–Kier alpha value is -1.57. The van der Waals surface area contributed by atoms with Crippen LogP contribution in [-0.2, 0) is 14.9 Å². The van der Waals surface area contributed by atoms with Crippen molar-refractivity contribution in [3.05, 3.63) is 41.5 Å². The Morgan fingerprint density at radius 1 is 1.35 bits per heavy atom. The van der Waals surface area contributed by atoms with Crippen molar-refractivity contribution in [3.63, 3.8) is 0 Å². The molecule has 88 valence electrons. The van der Waals surface area contributed by atoms with Crippen molar-refractivity contribution in [2.75, 3.05) is 0 Å². The second kappa shape index (κ2) is 3.22. The lowest BCUT2D eigenvalue weighted by molar-refractivity contribution is -0.218. The van der Waals surface area contributed by atoms with Crippen LogP contribution in [0.15, 0.2) is 30.3 Å². The summed E-state index contributed by atoms with van der Waals surface area (Å²) in [5.74, 6) is -0.0707. The number of carbonyl (C=O) groups excluding carboxylic acids is 1. The highest BCUT2D eigenvalue weighted by Crippen LogP contribution is 2.54. The number of fused-ring (bicyclic) bond motifs is 2. The van der Waals surface area contributed by atoms with E-state index in [2.05, 4.69) is 31.2 Å². The monoisotopic (exact) mass is 228 g/mol. The summed E-state index contributed by atoms with van der Waals surface area (Å²) in [5, 5.41) is 0. The zero-order valence-corrected chi connectivity index (χ0v) is 10.2. The van der Waals surface area contributed by atoms with E-state index in [1.807, 2.05) is 19.1 Å². The highest BCUT2D eigenvalue weighted by molar-refractivity contribution is 5.93. The summed E-state index contributed by atoms with van der Waals surface area (Å²) in [5.41, 5.74) is 1.47. The van der Waals surface area contributed by atoms with Crippen molar-refractivity contribution in [3.8, 4) is 0 Å². The molecule has 1 aliphatic heterocycles. The van der Waals surface area contributed by atoms with E-state index in [0.29, 0.717) is 0 Å². The first-order valence-corrected chi connectivity index (χ1v) is 6.13. The standard InChI is InChI=1S/C15H16O2/c1-3-14(2)15(13(16)17-14)10-6-8-11-7-4-5-9-12(11)15/h4-9H,3,10H2,1-2H3. The highest BCUT2D eigenvalue weighted by atomic mass is 16.6. The van der Waals surface area contributed by atoms with Gasteiger partial charge in [-0.1, -0.05) is 43.3 Å². The molecule has 1 fully saturated rings. The van der Waals surface area contributed by atoms with Gasteiger partial charge in [0.15, 0.2) is 0 Å². The maximum atomic E-state index is 12.1. The SMILES string of the molecule is CCC1(C)OC(=O)C12CC=Cc1ccccc12. The summed E-state index contributed by atoms with van der Waals surface area (Å²) in [4.78, 5) is 12.1. The van der Waals surface area contributed by atoms with E-state index in [1.165, 1.54) is 0 Å². The second-order valence-corrected chi connectivity index (χ2v) is 5.07. The minimum atomic E-state index is -0.451. The van der Waals surface area contributed by atoms with E-state index in [4.69, 9.17) is 4.74 Å². The molecule has 0 N–H and O–H groups in total.